The van der Waals surface area contributed by atoms with E-state index in [0.29, 0.717) is 6.42 Å². The number of carbonyl (C=O) groups excluding carboxylic acids is 3. The van der Waals surface area contributed by atoms with Crippen LogP contribution in [-0.2, 0) is 9.59 Å². The summed E-state index contributed by atoms with van der Waals surface area (Å²) in [6.07, 6.45) is 5.98. The third-order valence-electron chi connectivity index (χ3n) is 6.06. The largest absolute Gasteiger partial charge is 0.325 e. The summed E-state index contributed by atoms with van der Waals surface area (Å²) in [7, 11) is 0. The number of para-hydroxylation sites is 1. The van der Waals surface area contributed by atoms with Gasteiger partial charge in [0.25, 0.3) is 5.91 Å². The number of unbranched alkanes of at least 4 members (excludes halogenated alkanes) is 4. The van der Waals surface area contributed by atoms with E-state index in [2.05, 4.69) is 45.3 Å². The number of anilines is 1. The van der Waals surface area contributed by atoms with Gasteiger partial charge in [-0.2, -0.15) is 0 Å². The first-order chi connectivity index (χ1) is 14.6. The number of hydrogen-bond donors (Lipinski definition) is 2. The van der Waals surface area contributed by atoms with Crippen LogP contribution in [0.15, 0.2) is 18.2 Å². The normalized spacial score (nSPS) is 18.8. The van der Waals surface area contributed by atoms with Gasteiger partial charge in [-0.05, 0) is 36.3 Å². The van der Waals surface area contributed by atoms with Crippen molar-refractivity contribution in [1.82, 2.24) is 10.2 Å². The van der Waals surface area contributed by atoms with Gasteiger partial charge in [-0.15, -0.1) is 0 Å². The zero-order valence-electron chi connectivity index (χ0n) is 20.0. The van der Waals surface area contributed by atoms with Gasteiger partial charge in [0.15, 0.2) is 0 Å². The molecule has 0 radical (unpaired) electrons. The maximum Gasteiger partial charge on any atom is 0.325 e. The van der Waals surface area contributed by atoms with E-state index in [1.807, 2.05) is 18.2 Å². The fourth-order valence-electron chi connectivity index (χ4n) is 4.16. The summed E-state index contributed by atoms with van der Waals surface area (Å²) in [4.78, 5) is 39.4. The van der Waals surface area contributed by atoms with Crippen LogP contribution >= 0.6 is 0 Å². The average molecular weight is 430 g/mol. The van der Waals surface area contributed by atoms with Gasteiger partial charge in [0, 0.05) is 5.69 Å². The summed E-state index contributed by atoms with van der Waals surface area (Å²) >= 11 is 0. The molecule has 0 saturated carbocycles. The lowest BCUT2D eigenvalue weighted by Crippen LogP contribution is -2.44. The second-order valence-corrected chi connectivity index (χ2v) is 9.49. The van der Waals surface area contributed by atoms with Gasteiger partial charge in [0.1, 0.15) is 12.1 Å². The van der Waals surface area contributed by atoms with Crippen LogP contribution in [0.5, 0.6) is 0 Å². The van der Waals surface area contributed by atoms with E-state index in [4.69, 9.17) is 0 Å². The maximum absolute atomic E-state index is 13.0. The molecule has 31 heavy (non-hydrogen) atoms. The summed E-state index contributed by atoms with van der Waals surface area (Å²) in [5.74, 6) is -0.196. The Labute approximate surface area is 187 Å². The van der Waals surface area contributed by atoms with E-state index in [1.165, 1.54) is 6.42 Å². The number of benzene rings is 1. The zero-order chi connectivity index (χ0) is 23.2. The second-order valence-electron chi connectivity index (χ2n) is 9.49. The van der Waals surface area contributed by atoms with E-state index < -0.39 is 11.6 Å². The monoisotopic (exact) mass is 429 g/mol. The molecule has 4 amide bonds. The minimum absolute atomic E-state index is 0.238. The highest BCUT2D eigenvalue weighted by atomic mass is 16.2. The summed E-state index contributed by atoms with van der Waals surface area (Å²) < 4.78 is 0. The van der Waals surface area contributed by atoms with Gasteiger partial charge in [-0.1, -0.05) is 84.9 Å². The number of carbonyl (C=O) groups is 3. The van der Waals surface area contributed by atoms with Gasteiger partial charge < -0.3 is 10.6 Å². The van der Waals surface area contributed by atoms with Crippen LogP contribution in [0.4, 0.5) is 10.5 Å². The SMILES string of the molecule is CCCCCCCC1(C)NC(=O)N(CC(=O)Nc2c(C(C)C)cccc2C(C)C)C1=O. The molecule has 2 rings (SSSR count). The molecule has 1 aromatic carbocycles. The zero-order valence-corrected chi connectivity index (χ0v) is 20.0. The van der Waals surface area contributed by atoms with Crippen molar-refractivity contribution in [3.05, 3.63) is 29.3 Å². The van der Waals surface area contributed by atoms with E-state index in [1.54, 1.807) is 6.92 Å². The molecule has 6 nitrogen and oxygen atoms in total. The minimum atomic E-state index is -0.928. The van der Waals surface area contributed by atoms with Crippen molar-refractivity contribution in [2.24, 2.45) is 0 Å². The Morgan fingerprint density at radius 3 is 2.16 bits per heavy atom. The number of rotatable bonds is 11. The highest BCUT2D eigenvalue weighted by Crippen LogP contribution is 2.32. The minimum Gasteiger partial charge on any atom is -0.324 e. The van der Waals surface area contributed by atoms with Gasteiger partial charge in [0.05, 0.1) is 0 Å². The predicted octanol–water partition coefficient (Wildman–Crippen LogP) is 5.54. The Bertz CT molecular complexity index is 777. The van der Waals surface area contributed by atoms with Crippen LogP contribution < -0.4 is 10.6 Å². The molecule has 1 unspecified atom stereocenters. The summed E-state index contributed by atoms with van der Waals surface area (Å²) in [6.45, 7) is 12.0. The van der Waals surface area contributed by atoms with Crippen molar-refractivity contribution >= 4 is 23.5 Å². The van der Waals surface area contributed by atoms with Gasteiger partial charge in [-0.3, -0.25) is 14.5 Å². The van der Waals surface area contributed by atoms with E-state index in [9.17, 15) is 14.4 Å². The summed E-state index contributed by atoms with van der Waals surface area (Å²) in [6, 6.07) is 5.53. The molecule has 1 aromatic rings. The molecule has 1 atom stereocenters. The third-order valence-corrected chi connectivity index (χ3v) is 6.06. The topological polar surface area (TPSA) is 78.5 Å². The first kappa shape index (κ1) is 24.9. The quantitative estimate of drug-likeness (QED) is 0.358. The van der Waals surface area contributed by atoms with Gasteiger partial charge >= 0.3 is 6.03 Å². The molecule has 0 spiro atoms. The lowest BCUT2D eigenvalue weighted by atomic mass is 9.92. The van der Waals surface area contributed by atoms with Crippen molar-refractivity contribution in [3.63, 3.8) is 0 Å². The number of amides is 4. The van der Waals surface area contributed by atoms with Crippen molar-refractivity contribution in [3.8, 4) is 0 Å². The number of nitrogens with one attached hydrogen (secondary N) is 2. The third kappa shape index (κ3) is 6.08. The Kier molecular flexibility index (Phi) is 8.66. The van der Waals surface area contributed by atoms with E-state index in [0.717, 1.165) is 47.4 Å². The molecule has 1 fully saturated rings. The van der Waals surface area contributed by atoms with Crippen molar-refractivity contribution in [2.75, 3.05) is 11.9 Å². The van der Waals surface area contributed by atoms with Crippen LogP contribution in [0.1, 0.15) is 103 Å². The highest BCUT2D eigenvalue weighted by molar-refractivity contribution is 6.10. The molecule has 172 valence electrons. The van der Waals surface area contributed by atoms with Crippen LogP contribution in [0, 0.1) is 0 Å². The molecule has 1 heterocycles. The average Bonchev–Trinajstić information content (AvgIpc) is 2.90. The fraction of sp³-hybridized carbons (Fsp3) is 0.640. The van der Waals surface area contributed by atoms with E-state index in [-0.39, 0.29) is 30.2 Å². The summed E-state index contributed by atoms with van der Waals surface area (Å²) in [5, 5.41) is 5.80. The molecule has 1 saturated heterocycles. The number of urea groups is 1. The predicted molar refractivity (Wildman–Crippen MR) is 125 cm³/mol. The molecule has 0 bridgehead atoms. The smallest absolute Gasteiger partial charge is 0.324 e. The van der Waals surface area contributed by atoms with Crippen molar-refractivity contribution < 1.29 is 14.4 Å². The molecule has 1 aliphatic heterocycles. The molecule has 0 aliphatic carbocycles. The molecule has 0 aromatic heterocycles. The van der Waals surface area contributed by atoms with Gasteiger partial charge in [0.2, 0.25) is 5.91 Å². The highest BCUT2D eigenvalue weighted by Gasteiger charge is 2.47. The van der Waals surface area contributed by atoms with Gasteiger partial charge in [-0.25, -0.2) is 4.79 Å². The lowest BCUT2D eigenvalue weighted by molar-refractivity contribution is -0.133. The molecular weight excluding hydrogens is 390 g/mol. The van der Waals surface area contributed by atoms with Crippen LogP contribution in [0.25, 0.3) is 0 Å². The summed E-state index contributed by atoms with van der Waals surface area (Å²) in [5.41, 5.74) is 1.97. The molecular formula is C25H39N3O3. The molecule has 2 N–H and O–H groups in total. The fourth-order valence-corrected chi connectivity index (χ4v) is 4.16. The number of nitrogens with zero attached hydrogens (tertiary/aromatic N) is 1. The molecule has 6 heteroatoms. The van der Waals surface area contributed by atoms with Crippen LogP contribution in [0.3, 0.4) is 0 Å². The lowest BCUT2D eigenvalue weighted by Gasteiger charge is -2.22. The van der Waals surface area contributed by atoms with E-state index >= 15 is 0 Å². The Morgan fingerprint density at radius 1 is 1.03 bits per heavy atom. The van der Waals surface area contributed by atoms with Crippen molar-refractivity contribution in [2.45, 2.75) is 97.4 Å². The number of hydrogen-bond acceptors (Lipinski definition) is 3. The Balaban J connectivity index is 2.08. The Morgan fingerprint density at radius 2 is 1.61 bits per heavy atom. The molecule has 1 aliphatic rings. The standard InChI is InChI=1S/C25H39N3O3/c1-7-8-9-10-11-15-25(6)23(30)28(24(31)27-25)16-21(29)26-22-19(17(2)3)13-12-14-20(22)18(4)5/h12-14,17-18H,7-11,15-16H2,1-6H3,(H,26,29)(H,27,31). The first-order valence-electron chi connectivity index (χ1n) is 11.7. The first-order valence-corrected chi connectivity index (χ1v) is 11.7. The Hall–Kier alpha value is -2.37. The second kappa shape index (κ2) is 10.8. The van der Waals surface area contributed by atoms with Crippen LogP contribution in [0.2, 0.25) is 0 Å². The number of imide groups is 1. The maximum atomic E-state index is 13.0. The van der Waals surface area contributed by atoms with Crippen LogP contribution in [-0.4, -0.2) is 34.8 Å². The van der Waals surface area contributed by atoms with Crippen molar-refractivity contribution in [1.29, 1.82) is 0 Å².